The van der Waals surface area contributed by atoms with E-state index in [9.17, 15) is 14.4 Å². The second-order valence-corrected chi connectivity index (χ2v) is 2.74. The predicted octanol–water partition coefficient (Wildman–Crippen LogP) is -3.25. The summed E-state index contributed by atoms with van der Waals surface area (Å²) in [5.74, 6) is -2.40. The first-order valence-corrected chi connectivity index (χ1v) is 4.50. The van der Waals surface area contributed by atoms with Gasteiger partial charge in [0.25, 0.3) is 5.97 Å². The van der Waals surface area contributed by atoms with Crippen LogP contribution >= 0.6 is 0 Å². The maximum atomic E-state index is 10.8. The lowest BCUT2D eigenvalue weighted by atomic mass is 10.5. The van der Waals surface area contributed by atoms with Gasteiger partial charge in [0.2, 0.25) is 17.7 Å². The molecule has 0 aromatic rings. The SMILES string of the molecule is CC(=O)O.NCC(=O)NCC(=O)NCC(N)=O. The molecule has 98 valence electrons. The number of nitrogens with one attached hydrogen (secondary N) is 2. The summed E-state index contributed by atoms with van der Waals surface area (Å²) in [6.07, 6.45) is 0. The van der Waals surface area contributed by atoms with Crippen molar-refractivity contribution in [2.24, 2.45) is 11.5 Å². The van der Waals surface area contributed by atoms with E-state index in [0.717, 1.165) is 6.92 Å². The van der Waals surface area contributed by atoms with Crippen LogP contribution in [0.1, 0.15) is 6.92 Å². The van der Waals surface area contributed by atoms with Crippen LogP contribution in [0.15, 0.2) is 0 Å². The molecule has 7 N–H and O–H groups in total. The Morgan fingerprint density at radius 3 is 1.82 bits per heavy atom. The summed E-state index contributed by atoms with van der Waals surface area (Å²) in [5, 5.41) is 11.8. The second-order valence-electron chi connectivity index (χ2n) is 2.74. The molecule has 0 aromatic carbocycles. The average molecular weight is 248 g/mol. The number of hydrogen-bond donors (Lipinski definition) is 5. The van der Waals surface area contributed by atoms with Crippen molar-refractivity contribution in [1.82, 2.24) is 10.6 Å². The molecule has 9 nitrogen and oxygen atoms in total. The zero-order valence-electron chi connectivity index (χ0n) is 9.36. The fourth-order valence-electron chi connectivity index (χ4n) is 0.499. The fraction of sp³-hybridized carbons (Fsp3) is 0.500. The van der Waals surface area contributed by atoms with Crippen molar-refractivity contribution in [3.05, 3.63) is 0 Å². The van der Waals surface area contributed by atoms with Crippen molar-refractivity contribution in [2.45, 2.75) is 6.92 Å². The molecule has 0 heterocycles. The molecular formula is C8H16N4O5. The molecule has 0 unspecified atom stereocenters. The Bertz CT molecular complexity index is 288. The highest BCUT2D eigenvalue weighted by molar-refractivity contribution is 5.88. The summed E-state index contributed by atoms with van der Waals surface area (Å²) in [4.78, 5) is 40.5. The third kappa shape index (κ3) is 20.0. The zero-order valence-corrected chi connectivity index (χ0v) is 9.36. The quantitative estimate of drug-likeness (QED) is 0.343. The van der Waals surface area contributed by atoms with Gasteiger partial charge in [-0.25, -0.2) is 0 Å². The van der Waals surface area contributed by atoms with Crippen LogP contribution in [0.3, 0.4) is 0 Å². The molecule has 0 aliphatic carbocycles. The second kappa shape index (κ2) is 10.4. The average Bonchev–Trinajstić information content (AvgIpc) is 2.22. The van der Waals surface area contributed by atoms with Crippen LogP contribution in [0.5, 0.6) is 0 Å². The molecule has 17 heavy (non-hydrogen) atoms. The Kier molecular flexibility index (Phi) is 10.5. The monoisotopic (exact) mass is 248 g/mol. The zero-order chi connectivity index (χ0) is 13.8. The Balaban J connectivity index is 0. The Morgan fingerprint density at radius 2 is 1.47 bits per heavy atom. The van der Waals surface area contributed by atoms with Crippen molar-refractivity contribution >= 4 is 23.7 Å². The van der Waals surface area contributed by atoms with Crippen LogP contribution in [0, 0.1) is 0 Å². The number of hydrogen-bond acceptors (Lipinski definition) is 5. The van der Waals surface area contributed by atoms with Gasteiger partial charge in [-0.2, -0.15) is 0 Å². The number of nitrogens with two attached hydrogens (primary N) is 2. The van der Waals surface area contributed by atoms with Crippen LogP contribution in [-0.2, 0) is 19.2 Å². The predicted molar refractivity (Wildman–Crippen MR) is 57.6 cm³/mol. The van der Waals surface area contributed by atoms with Crippen LogP contribution < -0.4 is 22.1 Å². The lowest BCUT2D eigenvalue weighted by molar-refractivity contribution is -0.134. The summed E-state index contributed by atoms with van der Waals surface area (Å²) in [6, 6.07) is 0. The van der Waals surface area contributed by atoms with Gasteiger partial charge in [-0.05, 0) is 0 Å². The highest BCUT2D eigenvalue weighted by atomic mass is 16.4. The van der Waals surface area contributed by atoms with Crippen LogP contribution in [0.25, 0.3) is 0 Å². The Morgan fingerprint density at radius 1 is 1.06 bits per heavy atom. The fourth-order valence-corrected chi connectivity index (χ4v) is 0.499. The standard InChI is InChI=1S/C6H12N4O3.C2H4O2/c7-1-5(12)10-3-6(13)9-2-4(8)11;1-2(3)4/h1-3,7H2,(H2,8,11)(H,9,13)(H,10,12);1H3,(H,3,4). The van der Waals surface area contributed by atoms with E-state index < -0.39 is 23.7 Å². The van der Waals surface area contributed by atoms with Crippen LogP contribution in [0.2, 0.25) is 0 Å². The molecule has 0 aliphatic heterocycles. The smallest absolute Gasteiger partial charge is 0.300 e. The van der Waals surface area contributed by atoms with Crippen molar-refractivity contribution in [2.75, 3.05) is 19.6 Å². The van der Waals surface area contributed by atoms with Crippen molar-refractivity contribution in [3.8, 4) is 0 Å². The van der Waals surface area contributed by atoms with Gasteiger partial charge in [0.1, 0.15) is 0 Å². The number of amides is 3. The van der Waals surface area contributed by atoms with Gasteiger partial charge >= 0.3 is 0 Å². The number of primary amides is 1. The molecule has 0 rings (SSSR count). The van der Waals surface area contributed by atoms with E-state index >= 15 is 0 Å². The lowest BCUT2D eigenvalue weighted by Crippen LogP contribution is -2.42. The normalized spacial score (nSPS) is 8.35. The molecule has 0 saturated heterocycles. The van der Waals surface area contributed by atoms with Gasteiger partial charge in [-0.15, -0.1) is 0 Å². The van der Waals surface area contributed by atoms with E-state index in [1.54, 1.807) is 0 Å². The van der Waals surface area contributed by atoms with Gasteiger partial charge in [0.15, 0.2) is 0 Å². The van der Waals surface area contributed by atoms with E-state index in [2.05, 4.69) is 10.6 Å². The van der Waals surface area contributed by atoms with Crippen molar-refractivity contribution in [1.29, 1.82) is 0 Å². The van der Waals surface area contributed by atoms with Gasteiger partial charge in [-0.1, -0.05) is 0 Å². The molecule has 3 amide bonds. The van der Waals surface area contributed by atoms with E-state index in [1.165, 1.54) is 0 Å². The maximum Gasteiger partial charge on any atom is 0.300 e. The van der Waals surface area contributed by atoms with Gasteiger partial charge in [0.05, 0.1) is 19.6 Å². The maximum absolute atomic E-state index is 10.8. The molecule has 0 atom stereocenters. The van der Waals surface area contributed by atoms with Crippen molar-refractivity contribution in [3.63, 3.8) is 0 Å². The number of carbonyl (C=O) groups is 4. The summed E-state index contributed by atoms with van der Waals surface area (Å²) in [5.41, 5.74) is 9.72. The van der Waals surface area contributed by atoms with Crippen LogP contribution in [-0.4, -0.2) is 48.4 Å². The highest BCUT2D eigenvalue weighted by Crippen LogP contribution is 1.65. The molecule has 0 saturated carbocycles. The third-order valence-corrected chi connectivity index (χ3v) is 1.09. The first-order valence-electron chi connectivity index (χ1n) is 4.50. The molecule has 0 spiro atoms. The Labute approximate surface area is 97.5 Å². The number of rotatable bonds is 5. The summed E-state index contributed by atoms with van der Waals surface area (Å²) >= 11 is 0. The number of carbonyl (C=O) groups excluding carboxylic acids is 3. The minimum atomic E-state index is -0.833. The molecule has 9 heteroatoms. The van der Waals surface area contributed by atoms with E-state index in [1.807, 2.05) is 0 Å². The Hall–Kier alpha value is -2.16. The van der Waals surface area contributed by atoms with E-state index in [0.29, 0.717) is 0 Å². The highest BCUT2D eigenvalue weighted by Gasteiger charge is 2.03. The molecule has 0 bridgehead atoms. The van der Waals surface area contributed by atoms with Gasteiger partial charge in [-0.3, -0.25) is 19.2 Å². The van der Waals surface area contributed by atoms with Crippen molar-refractivity contribution < 1.29 is 24.3 Å². The number of aliphatic carboxylic acids is 1. The van der Waals surface area contributed by atoms with Gasteiger partial charge in [0, 0.05) is 6.92 Å². The summed E-state index contributed by atoms with van der Waals surface area (Å²) in [7, 11) is 0. The minimum absolute atomic E-state index is 0.177. The number of carboxylic acid groups (broad SMARTS) is 1. The van der Waals surface area contributed by atoms with E-state index in [4.69, 9.17) is 21.4 Å². The topological polar surface area (TPSA) is 165 Å². The molecule has 0 fully saturated rings. The first kappa shape index (κ1) is 17.2. The third-order valence-electron chi connectivity index (χ3n) is 1.09. The molecule has 0 aliphatic rings. The van der Waals surface area contributed by atoms with E-state index in [-0.39, 0.29) is 19.6 Å². The largest absolute Gasteiger partial charge is 0.481 e. The summed E-state index contributed by atoms with van der Waals surface area (Å²) < 4.78 is 0. The lowest BCUT2D eigenvalue weighted by Gasteiger charge is -2.03. The number of carboxylic acids is 1. The molecular weight excluding hydrogens is 232 g/mol. The molecule has 0 radical (unpaired) electrons. The first-order chi connectivity index (χ1) is 7.79. The van der Waals surface area contributed by atoms with Crippen LogP contribution in [0.4, 0.5) is 0 Å². The molecule has 0 aromatic heterocycles. The minimum Gasteiger partial charge on any atom is -0.481 e. The summed E-state index contributed by atoms with van der Waals surface area (Å²) in [6.45, 7) is 0.462. The van der Waals surface area contributed by atoms with Gasteiger partial charge < -0.3 is 27.2 Å².